The SMILES string of the molecule is CCOc1ccc(CC(=O)O)cc1-c1cc(-c2cccc(OC)c2OC)n(CCc2ccccc2)n1. The molecule has 0 saturated heterocycles. The van der Waals surface area contributed by atoms with E-state index in [1.54, 1.807) is 20.3 Å². The number of carboxylic acids is 1. The molecule has 1 aromatic heterocycles. The van der Waals surface area contributed by atoms with Gasteiger partial charge in [-0.25, -0.2) is 0 Å². The minimum atomic E-state index is -0.889. The second-order valence-electron chi connectivity index (χ2n) is 8.25. The highest BCUT2D eigenvalue weighted by Crippen LogP contribution is 2.40. The van der Waals surface area contributed by atoms with Crippen LogP contribution in [0.4, 0.5) is 0 Å². The van der Waals surface area contributed by atoms with Gasteiger partial charge in [0.2, 0.25) is 0 Å². The number of aliphatic carboxylic acids is 1. The normalized spacial score (nSPS) is 10.8. The van der Waals surface area contributed by atoms with Crippen molar-refractivity contribution in [2.24, 2.45) is 0 Å². The van der Waals surface area contributed by atoms with Crippen LogP contribution in [0.2, 0.25) is 0 Å². The molecule has 0 aliphatic carbocycles. The molecule has 0 spiro atoms. The van der Waals surface area contributed by atoms with E-state index in [0.717, 1.165) is 23.2 Å². The van der Waals surface area contributed by atoms with E-state index in [1.165, 1.54) is 5.56 Å². The summed E-state index contributed by atoms with van der Waals surface area (Å²) in [4.78, 5) is 11.3. The number of carboxylic acid groups (broad SMARTS) is 1. The van der Waals surface area contributed by atoms with Gasteiger partial charge in [0.05, 0.1) is 38.6 Å². The lowest BCUT2D eigenvalue weighted by atomic mass is 10.0. The molecule has 0 aliphatic rings. The predicted octanol–water partition coefficient (Wildman–Crippen LogP) is 5.50. The molecule has 4 aromatic rings. The van der Waals surface area contributed by atoms with Gasteiger partial charge in [0.25, 0.3) is 0 Å². The number of aryl methyl sites for hydroxylation is 2. The lowest BCUT2D eigenvalue weighted by molar-refractivity contribution is -0.136. The predicted molar refractivity (Wildman–Crippen MR) is 139 cm³/mol. The number of rotatable bonds is 11. The quantitative estimate of drug-likeness (QED) is 0.301. The molecule has 186 valence electrons. The third-order valence-electron chi connectivity index (χ3n) is 5.89. The Morgan fingerprint density at radius 2 is 1.69 bits per heavy atom. The van der Waals surface area contributed by atoms with Gasteiger partial charge in [-0.1, -0.05) is 42.5 Å². The highest BCUT2D eigenvalue weighted by atomic mass is 16.5. The van der Waals surface area contributed by atoms with Gasteiger partial charge in [-0.3, -0.25) is 9.48 Å². The Hall–Kier alpha value is -4.26. The Morgan fingerprint density at radius 3 is 2.39 bits per heavy atom. The molecular formula is C29H30N2O5. The van der Waals surface area contributed by atoms with Crippen LogP contribution in [0.5, 0.6) is 17.2 Å². The molecule has 0 aliphatic heterocycles. The zero-order valence-electron chi connectivity index (χ0n) is 20.7. The number of aromatic nitrogens is 2. The fourth-order valence-corrected chi connectivity index (χ4v) is 4.25. The first-order valence-corrected chi connectivity index (χ1v) is 11.8. The molecule has 7 nitrogen and oxygen atoms in total. The van der Waals surface area contributed by atoms with E-state index in [0.29, 0.717) is 41.7 Å². The van der Waals surface area contributed by atoms with Crippen LogP contribution < -0.4 is 14.2 Å². The minimum Gasteiger partial charge on any atom is -0.493 e. The van der Waals surface area contributed by atoms with Gasteiger partial charge in [0.15, 0.2) is 11.5 Å². The Bertz CT molecular complexity index is 1330. The van der Waals surface area contributed by atoms with Crippen molar-refractivity contribution in [1.29, 1.82) is 0 Å². The Morgan fingerprint density at radius 1 is 0.889 bits per heavy atom. The summed E-state index contributed by atoms with van der Waals surface area (Å²) in [6, 6.07) is 23.4. The highest BCUT2D eigenvalue weighted by molar-refractivity contribution is 5.78. The smallest absolute Gasteiger partial charge is 0.307 e. The molecule has 0 atom stereocenters. The van der Waals surface area contributed by atoms with Crippen molar-refractivity contribution < 1.29 is 24.1 Å². The molecule has 7 heteroatoms. The molecule has 0 unspecified atom stereocenters. The lowest BCUT2D eigenvalue weighted by Crippen LogP contribution is -2.06. The van der Waals surface area contributed by atoms with Crippen LogP contribution in [0.1, 0.15) is 18.1 Å². The van der Waals surface area contributed by atoms with E-state index < -0.39 is 5.97 Å². The molecule has 0 fully saturated rings. The summed E-state index contributed by atoms with van der Waals surface area (Å²) in [5, 5.41) is 14.3. The van der Waals surface area contributed by atoms with E-state index in [2.05, 4.69) is 12.1 Å². The lowest BCUT2D eigenvalue weighted by Gasteiger charge is -2.14. The van der Waals surface area contributed by atoms with Crippen LogP contribution >= 0.6 is 0 Å². The van der Waals surface area contributed by atoms with E-state index in [-0.39, 0.29) is 6.42 Å². The van der Waals surface area contributed by atoms with Crippen molar-refractivity contribution in [3.63, 3.8) is 0 Å². The first-order valence-electron chi connectivity index (χ1n) is 11.8. The molecule has 36 heavy (non-hydrogen) atoms. The van der Waals surface area contributed by atoms with Crippen LogP contribution in [0.25, 0.3) is 22.5 Å². The van der Waals surface area contributed by atoms with E-state index in [9.17, 15) is 9.90 Å². The zero-order chi connectivity index (χ0) is 25.5. The summed E-state index contributed by atoms with van der Waals surface area (Å²) in [6.45, 7) is 3.04. The van der Waals surface area contributed by atoms with E-state index in [1.807, 2.05) is 66.2 Å². The second-order valence-corrected chi connectivity index (χ2v) is 8.25. The van der Waals surface area contributed by atoms with Gasteiger partial charge < -0.3 is 19.3 Å². The first-order chi connectivity index (χ1) is 17.5. The molecule has 3 aromatic carbocycles. The second kappa shape index (κ2) is 11.4. The standard InChI is InChI=1S/C29H30N2O5/c1-4-36-26-14-13-21(18-28(32)33)17-23(26)24-19-25(22-11-8-12-27(34-2)29(22)35-3)31(30-24)16-15-20-9-6-5-7-10-20/h5-14,17,19H,4,15-16,18H2,1-3H3,(H,32,33). The van der Waals surface area contributed by atoms with E-state index >= 15 is 0 Å². The van der Waals surface area contributed by atoms with Crippen molar-refractivity contribution in [3.05, 3.63) is 83.9 Å². The number of benzene rings is 3. The fourth-order valence-electron chi connectivity index (χ4n) is 4.25. The van der Waals surface area contributed by atoms with E-state index in [4.69, 9.17) is 19.3 Å². The van der Waals surface area contributed by atoms with Gasteiger partial charge in [0, 0.05) is 17.7 Å². The average Bonchev–Trinajstić information content (AvgIpc) is 3.32. The Labute approximate surface area is 210 Å². The highest BCUT2D eigenvalue weighted by Gasteiger charge is 2.20. The molecule has 0 amide bonds. The molecule has 4 rings (SSSR count). The van der Waals surface area contributed by atoms with Crippen molar-refractivity contribution in [3.8, 4) is 39.8 Å². The van der Waals surface area contributed by atoms with Crippen LogP contribution in [0, 0.1) is 0 Å². The van der Waals surface area contributed by atoms with Crippen LogP contribution in [0.15, 0.2) is 72.8 Å². The van der Waals surface area contributed by atoms with Crippen molar-refractivity contribution >= 4 is 5.97 Å². The minimum absolute atomic E-state index is 0.0787. The van der Waals surface area contributed by atoms with Crippen molar-refractivity contribution in [2.75, 3.05) is 20.8 Å². The van der Waals surface area contributed by atoms with Crippen LogP contribution in [0.3, 0.4) is 0 Å². The summed E-state index contributed by atoms with van der Waals surface area (Å²) in [7, 11) is 3.23. The molecule has 1 heterocycles. The number of nitrogens with zero attached hydrogens (tertiary/aromatic N) is 2. The largest absolute Gasteiger partial charge is 0.493 e. The van der Waals surface area contributed by atoms with Crippen LogP contribution in [-0.4, -0.2) is 41.7 Å². The van der Waals surface area contributed by atoms with Crippen LogP contribution in [-0.2, 0) is 24.2 Å². The third-order valence-corrected chi connectivity index (χ3v) is 5.89. The first kappa shape index (κ1) is 24.9. The number of methoxy groups -OCH3 is 2. The number of hydrogen-bond donors (Lipinski definition) is 1. The van der Waals surface area contributed by atoms with Gasteiger partial charge >= 0.3 is 5.97 Å². The topological polar surface area (TPSA) is 82.8 Å². The zero-order valence-corrected chi connectivity index (χ0v) is 20.7. The summed E-state index contributed by atoms with van der Waals surface area (Å²) >= 11 is 0. The maximum Gasteiger partial charge on any atom is 0.307 e. The summed E-state index contributed by atoms with van der Waals surface area (Å²) in [5.74, 6) is 1.02. The summed E-state index contributed by atoms with van der Waals surface area (Å²) < 4.78 is 19.1. The number of carbonyl (C=O) groups is 1. The molecule has 0 bridgehead atoms. The number of ether oxygens (including phenoxy) is 3. The monoisotopic (exact) mass is 486 g/mol. The molecule has 1 N–H and O–H groups in total. The molecule has 0 radical (unpaired) electrons. The third kappa shape index (κ3) is 5.51. The Kier molecular flexibility index (Phi) is 7.90. The van der Waals surface area contributed by atoms with Gasteiger partial charge in [-0.05, 0) is 54.8 Å². The van der Waals surface area contributed by atoms with Crippen molar-refractivity contribution in [1.82, 2.24) is 9.78 Å². The average molecular weight is 487 g/mol. The summed E-state index contributed by atoms with van der Waals surface area (Å²) in [5.41, 5.74) is 5.04. The molecule has 0 saturated carbocycles. The van der Waals surface area contributed by atoms with Gasteiger partial charge in [-0.15, -0.1) is 0 Å². The summed E-state index contributed by atoms with van der Waals surface area (Å²) in [6.07, 6.45) is 0.712. The number of hydrogen-bond acceptors (Lipinski definition) is 5. The maximum atomic E-state index is 11.3. The fraction of sp³-hybridized carbons (Fsp3) is 0.241. The maximum absolute atomic E-state index is 11.3. The van der Waals surface area contributed by atoms with Gasteiger partial charge in [-0.2, -0.15) is 5.10 Å². The van der Waals surface area contributed by atoms with Gasteiger partial charge in [0.1, 0.15) is 5.75 Å². The van der Waals surface area contributed by atoms with Crippen molar-refractivity contribution in [2.45, 2.75) is 26.3 Å². The number of para-hydroxylation sites is 1. The molecular weight excluding hydrogens is 456 g/mol. The Balaban J connectivity index is 1.85.